The number of allylic oxidation sites excluding steroid dienone is 4. The van der Waals surface area contributed by atoms with Crippen LogP contribution in [0.5, 0.6) is 0 Å². The summed E-state index contributed by atoms with van der Waals surface area (Å²) in [5.41, 5.74) is -7.89. The lowest BCUT2D eigenvalue weighted by Crippen LogP contribution is -2.45. The van der Waals surface area contributed by atoms with Crippen molar-refractivity contribution in [3.63, 3.8) is 0 Å². The standard InChI is InChI=1S/C13H10ClF4N3O3/c1-12(15)8(4-3-6(14)10(12)20-24-2)21-9(22)5-7(13(16,17)18)19-11(21)23/h3-5H,1-2H3,(H,19,23). The highest BCUT2D eigenvalue weighted by Crippen LogP contribution is 2.34. The van der Waals surface area contributed by atoms with Crippen LogP contribution >= 0.6 is 11.6 Å². The first kappa shape index (κ1) is 18.0. The zero-order valence-corrected chi connectivity index (χ0v) is 13.0. The van der Waals surface area contributed by atoms with Gasteiger partial charge in [0.1, 0.15) is 18.5 Å². The van der Waals surface area contributed by atoms with Gasteiger partial charge in [0.2, 0.25) is 0 Å². The fourth-order valence-corrected chi connectivity index (χ4v) is 2.39. The van der Waals surface area contributed by atoms with Crippen LogP contribution in [0.2, 0.25) is 0 Å². The van der Waals surface area contributed by atoms with Gasteiger partial charge in [0.25, 0.3) is 5.56 Å². The Morgan fingerprint density at radius 2 is 1.96 bits per heavy atom. The minimum Gasteiger partial charge on any atom is -0.399 e. The molecular formula is C13H10ClF4N3O3. The molecule has 1 atom stereocenters. The summed E-state index contributed by atoms with van der Waals surface area (Å²) < 4.78 is 53.2. The first-order valence-corrected chi connectivity index (χ1v) is 6.70. The van der Waals surface area contributed by atoms with E-state index in [1.165, 1.54) is 4.98 Å². The third kappa shape index (κ3) is 3.01. The Labute approximate surface area is 136 Å². The number of aromatic amines is 1. The van der Waals surface area contributed by atoms with Crippen molar-refractivity contribution in [3.8, 4) is 0 Å². The molecule has 2 rings (SSSR count). The number of aromatic nitrogens is 2. The van der Waals surface area contributed by atoms with Crippen LogP contribution in [0.3, 0.4) is 0 Å². The van der Waals surface area contributed by atoms with E-state index >= 15 is 4.39 Å². The number of nitrogens with zero attached hydrogens (tertiary/aromatic N) is 2. The van der Waals surface area contributed by atoms with Crippen molar-refractivity contribution in [1.29, 1.82) is 0 Å². The molecule has 24 heavy (non-hydrogen) atoms. The summed E-state index contributed by atoms with van der Waals surface area (Å²) in [5.74, 6) is 0. The number of rotatable bonds is 2. The fraction of sp³-hybridized carbons (Fsp3) is 0.308. The van der Waals surface area contributed by atoms with Crippen LogP contribution in [0.25, 0.3) is 5.70 Å². The van der Waals surface area contributed by atoms with Crippen LogP contribution in [0.1, 0.15) is 12.6 Å². The second-order valence-corrected chi connectivity index (χ2v) is 5.26. The lowest BCUT2D eigenvalue weighted by atomic mass is 9.92. The SMILES string of the molecule is CON=C1C(Cl)=CC=C(n2c(=O)cc(C(F)(F)F)[nH]c2=O)C1(C)F. The molecule has 1 heterocycles. The van der Waals surface area contributed by atoms with E-state index in [1.54, 1.807) is 0 Å². The zero-order chi connectivity index (χ0) is 18.3. The summed E-state index contributed by atoms with van der Waals surface area (Å²) in [7, 11) is 1.13. The Hall–Kier alpha value is -2.36. The molecule has 0 aliphatic heterocycles. The van der Waals surface area contributed by atoms with E-state index in [0.717, 1.165) is 26.2 Å². The van der Waals surface area contributed by atoms with E-state index < -0.39 is 40.2 Å². The fourth-order valence-electron chi connectivity index (χ4n) is 2.11. The molecule has 0 radical (unpaired) electrons. The van der Waals surface area contributed by atoms with Gasteiger partial charge in [0.05, 0.1) is 10.7 Å². The molecule has 0 saturated carbocycles. The molecule has 0 spiro atoms. The first-order chi connectivity index (χ1) is 11.0. The maximum atomic E-state index is 15.1. The van der Waals surface area contributed by atoms with Crippen LogP contribution in [0.4, 0.5) is 17.6 Å². The number of H-pyrrole nitrogens is 1. The van der Waals surface area contributed by atoms with E-state index in [-0.39, 0.29) is 15.7 Å². The van der Waals surface area contributed by atoms with E-state index in [1.807, 2.05) is 0 Å². The zero-order valence-electron chi connectivity index (χ0n) is 12.2. The van der Waals surface area contributed by atoms with Gasteiger partial charge in [-0.25, -0.2) is 13.8 Å². The first-order valence-electron chi connectivity index (χ1n) is 6.33. The molecule has 1 aliphatic carbocycles. The third-order valence-corrected chi connectivity index (χ3v) is 3.51. The van der Waals surface area contributed by atoms with Crippen molar-refractivity contribution in [2.45, 2.75) is 18.8 Å². The average molecular weight is 368 g/mol. The van der Waals surface area contributed by atoms with E-state index in [0.29, 0.717) is 0 Å². The number of oxime groups is 1. The molecule has 11 heteroatoms. The summed E-state index contributed by atoms with van der Waals surface area (Å²) in [6.45, 7) is 0.940. The van der Waals surface area contributed by atoms with Crippen molar-refractivity contribution in [3.05, 3.63) is 49.8 Å². The highest BCUT2D eigenvalue weighted by Gasteiger charge is 2.42. The van der Waals surface area contributed by atoms with Gasteiger partial charge in [0.15, 0.2) is 5.67 Å². The molecule has 6 nitrogen and oxygen atoms in total. The summed E-state index contributed by atoms with van der Waals surface area (Å²) in [6.07, 6.45) is -2.79. The molecule has 0 bridgehead atoms. The van der Waals surface area contributed by atoms with Gasteiger partial charge in [-0.15, -0.1) is 0 Å². The quantitative estimate of drug-likeness (QED) is 0.643. The third-order valence-electron chi connectivity index (χ3n) is 3.20. The maximum absolute atomic E-state index is 15.1. The summed E-state index contributed by atoms with van der Waals surface area (Å²) >= 11 is 5.81. The van der Waals surface area contributed by atoms with Crippen LogP contribution in [-0.4, -0.2) is 28.0 Å². The van der Waals surface area contributed by atoms with Crippen LogP contribution in [-0.2, 0) is 11.0 Å². The van der Waals surface area contributed by atoms with Gasteiger partial charge >= 0.3 is 11.9 Å². The molecule has 0 amide bonds. The summed E-state index contributed by atoms with van der Waals surface area (Å²) in [6, 6.07) is 0.158. The molecule has 0 saturated heterocycles. The van der Waals surface area contributed by atoms with Gasteiger partial charge in [0, 0.05) is 6.07 Å². The number of hydrogen-bond acceptors (Lipinski definition) is 4. The molecule has 1 N–H and O–H groups in total. The van der Waals surface area contributed by atoms with E-state index in [2.05, 4.69) is 9.99 Å². The Bertz CT molecular complexity index is 846. The van der Waals surface area contributed by atoms with Crippen molar-refractivity contribution in [2.24, 2.45) is 5.16 Å². The van der Waals surface area contributed by atoms with Crippen LogP contribution < -0.4 is 11.2 Å². The predicted octanol–water partition coefficient (Wildman–Crippen LogP) is 2.26. The van der Waals surface area contributed by atoms with Crippen molar-refractivity contribution in [1.82, 2.24) is 9.55 Å². The lowest BCUT2D eigenvalue weighted by Gasteiger charge is -2.27. The Balaban J connectivity index is 2.71. The molecule has 0 aromatic carbocycles. The molecule has 0 fully saturated rings. The number of nitrogens with one attached hydrogen (secondary N) is 1. The van der Waals surface area contributed by atoms with Gasteiger partial charge in [-0.1, -0.05) is 16.8 Å². The van der Waals surface area contributed by atoms with Crippen LogP contribution in [0, 0.1) is 0 Å². The predicted molar refractivity (Wildman–Crippen MR) is 78.5 cm³/mol. The average Bonchev–Trinajstić information content (AvgIpc) is 2.44. The van der Waals surface area contributed by atoms with Crippen molar-refractivity contribution < 1.29 is 22.4 Å². The minimum atomic E-state index is -4.93. The second kappa shape index (κ2) is 5.93. The monoisotopic (exact) mass is 367 g/mol. The summed E-state index contributed by atoms with van der Waals surface area (Å²) in [4.78, 5) is 29.8. The smallest absolute Gasteiger partial charge is 0.399 e. The second-order valence-electron chi connectivity index (χ2n) is 4.85. The van der Waals surface area contributed by atoms with Crippen LogP contribution in [0.15, 0.2) is 38.0 Å². The molecule has 1 aromatic heterocycles. The highest BCUT2D eigenvalue weighted by molar-refractivity contribution is 6.46. The van der Waals surface area contributed by atoms with Gasteiger partial charge in [-0.3, -0.25) is 4.79 Å². The van der Waals surface area contributed by atoms with E-state index in [9.17, 15) is 22.8 Å². The lowest BCUT2D eigenvalue weighted by molar-refractivity contribution is -0.141. The number of alkyl halides is 4. The highest BCUT2D eigenvalue weighted by atomic mass is 35.5. The minimum absolute atomic E-state index is 0.151. The molecule has 1 aromatic rings. The number of halogens is 5. The van der Waals surface area contributed by atoms with Crippen molar-refractivity contribution in [2.75, 3.05) is 7.11 Å². The van der Waals surface area contributed by atoms with Gasteiger partial charge in [-0.05, 0) is 19.1 Å². The van der Waals surface area contributed by atoms with Crippen molar-refractivity contribution >= 4 is 23.0 Å². The molecule has 1 aliphatic rings. The Morgan fingerprint density at radius 1 is 1.33 bits per heavy atom. The maximum Gasteiger partial charge on any atom is 0.431 e. The topological polar surface area (TPSA) is 76.5 Å². The molecule has 1 unspecified atom stereocenters. The summed E-state index contributed by atoms with van der Waals surface area (Å²) in [5, 5.41) is 3.25. The molecular weight excluding hydrogens is 358 g/mol. The van der Waals surface area contributed by atoms with E-state index in [4.69, 9.17) is 11.6 Å². The van der Waals surface area contributed by atoms with Gasteiger partial charge in [-0.2, -0.15) is 13.2 Å². The Kier molecular flexibility index (Phi) is 4.44. The van der Waals surface area contributed by atoms with Gasteiger partial charge < -0.3 is 9.82 Å². The Morgan fingerprint density at radius 3 is 2.46 bits per heavy atom. The number of hydrogen-bond donors (Lipinski definition) is 1. The normalized spacial score (nSPS) is 23.0. The molecule has 130 valence electrons. The largest absolute Gasteiger partial charge is 0.431 e.